The number of allylic oxidation sites excluding steroid dienone is 10. The van der Waals surface area contributed by atoms with E-state index in [2.05, 4.69) is 81.5 Å². The molecule has 6 heteroatoms. The van der Waals surface area contributed by atoms with Crippen molar-refractivity contribution in [2.24, 2.45) is 0 Å². The molecule has 0 spiro atoms. The summed E-state index contributed by atoms with van der Waals surface area (Å²) >= 11 is 0. The van der Waals surface area contributed by atoms with E-state index in [1.165, 1.54) is 225 Å². The van der Waals surface area contributed by atoms with Crippen molar-refractivity contribution in [2.45, 2.75) is 361 Å². The third-order valence-corrected chi connectivity index (χ3v) is 15.0. The molecular formula is C71H128O6. The van der Waals surface area contributed by atoms with Gasteiger partial charge in [-0.3, -0.25) is 14.4 Å². The zero-order valence-electron chi connectivity index (χ0n) is 51.5. The minimum Gasteiger partial charge on any atom is -0.462 e. The van der Waals surface area contributed by atoms with E-state index in [0.29, 0.717) is 19.3 Å². The smallest absolute Gasteiger partial charge is 0.306 e. The highest BCUT2D eigenvalue weighted by Gasteiger charge is 2.19. The van der Waals surface area contributed by atoms with Crippen molar-refractivity contribution >= 4 is 17.9 Å². The zero-order chi connectivity index (χ0) is 55.7. The summed E-state index contributed by atoms with van der Waals surface area (Å²) in [5.41, 5.74) is 0. The molecule has 0 aromatic heterocycles. The van der Waals surface area contributed by atoms with Crippen LogP contribution in [0.25, 0.3) is 0 Å². The molecule has 1 unspecified atom stereocenters. The highest BCUT2D eigenvalue weighted by atomic mass is 16.6. The van der Waals surface area contributed by atoms with Gasteiger partial charge in [0, 0.05) is 19.3 Å². The van der Waals surface area contributed by atoms with Crippen LogP contribution in [0.3, 0.4) is 0 Å². The third-order valence-electron chi connectivity index (χ3n) is 15.0. The molecule has 0 aliphatic carbocycles. The number of esters is 3. The van der Waals surface area contributed by atoms with E-state index in [1.807, 2.05) is 0 Å². The summed E-state index contributed by atoms with van der Waals surface area (Å²) < 4.78 is 17.0. The Morgan fingerprint density at radius 1 is 0.273 bits per heavy atom. The van der Waals surface area contributed by atoms with E-state index in [9.17, 15) is 14.4 Å². The summed E-state index contributed by atoms with van der Waals surface area (Å²) in [6.45, 7) is 6.55. The highest BCUT2D eigenvalue weighted by Crippen LogP contribution is 2.18. The Bertz CT molecular complexity index is 1380. The van der Waals surface area contributed by atoms with E-state index in [-0.39, 0.29) is 31.1 Å². The maximum Gasteiger partial charge on any atom is 0.306 e. The lowest BCUT2D eigenvalue weighted by Crippen LogP contribution is -2.30. The minimum atomic E-state index is -0.775. The molecule has 0 fully saturated rings. The van der Waals surface area contributed by atoms with Crippen molar-refractivity contribution in [1.82, 2.24) is 0 Å². The normalized spacial score (nSPS) is 12.4. The first-order valence-electron chi connectivity index (χ1n) is 33.8. The van der Waals surface area contributed by atoms with E-state index < -0.39 is 6.10 Å². The van der Waals surface area contributed by atoms with Gasteiger partial charge in [0.25, 0.3) is 0 Å². The van der Waals surface area contributed by atoms with Gasteiger partial charge < -0.3 is 14.2 Å². The fourth-order valence-electron chi connectivity index (χ4n) is 9.96. The second-order valence-corrected chi connectivity index (χ2v) is 22.7. The quantitative estimate of drug-likeness (QED) is 0.0261. The topological polar surface area (TPSA) is 78.9 Å². The van der Waals surface area contributed by atoms with Crippen molar-refractivity contribution in [3.8, 4) is 0 Å². The molecular weight excluding hydrogens is 949 g/mol. The predicted octanol–water partition coefficient (Wildman–Crippen LogP) is 23.1. The molecule has 0 rings (SSSR count). The van der Waals surface area contributed by atoms with Gasteiger partial charge in [0.05, 0.1) is 0 Å². The van der Waals surface area contributed by atoms with Crippen molar-refractivity contribution in [1.29, 1.82) is 0 Å². The van der Waals surface area contributed by atoms with Crippen molar-refractivity contribution < 1.29 is 28.6 Å². The number of hydrogen-bond donors (Lipinski definition) is 0. The van der Waals surface area contributed by atoms with Gasteiger partial charge in [-0.15, -0.1) is 0 Å². The molecule has 448 valence electrons. The van der Waals surface area contributed by atoms with Crippen molar-refractivity contribution in [3.63, 3.8) is 0 Å². The zero-order valence-corrected chi connectivity index (χ0v) is 51.5. The number of hydrogen-bond acceptors (Lipinski definition) is 6. The minimum absolute atomic E-state index is 0.0726. The monoisotopic (exact) mass is 1080 g/mol. The Hall–Kier alpha value is -2.89. The number of ether oxygens (including phenoxy) is 3. The molecule has 0 heterocycles. The summed E-state index contributed by atoms with van der Waals surface area (Å²) in [7, 11) is 0. The van der Waals surface area contributed by atoms with Crippen LogP contribution in [0.2, 0.25) is 0 Å². The van der Waals surface area contributed by atoms with Gasteiger partial charge in [-0.05, 0) is 83.5 Å². The molecule has 0 aliphatic heterocycles. The molecule has 0 aromatic carbocycles. The van der Waals surface area contributed by atoms with Gasteiger partial charge in [0.15, 0.2) is 6.10 Å². The number of carbonyl (C=O) groups is 3. The van der Waals surface area contributed by atoms with Gasteiger partial charge in [-0.1, -0.05) is 313 Å². The van der Waals surface area contributed by atoms with Gasteiger partial charge in [0.2, 0.25) is 0 Å². The molecule has 6 nitrogen and oxygen atoms in total. The lowest BCUT2D eigenvalue weighted by molar-refractivity contribution is -0.167. The Kier molecular flexibility index (Phi) is 63.2. The van der Waals surface area contributed by atoms with Crippen LogP contribution in [-0.2, 0) is 28.6 Å². The first kappa shape index (κ1) is 74.1. The van der Waals surface area contributed by atoms with E-state index in [0.717, 1.165) is 89.9 Å². The molecule has 0 aromatic rings. The lowest BCUT2D eigenvalue weighted by Gasteiger charge is -2.18. The van der Waals surface area contributed by atoms with Crippen molar-refractivity contribution in [3.05, 3.63) is 60.8 Å². The lowest BCUT2D eigenvalue weighted by atomic mass is 10.0. The second-order valence-electron chi connectivity index (χ2n) is 22.7. The molecule has 77 heavy (non-hydrogen) atoms. The van der Waals surface area contributed by atoms with Gasteiger partial charge in [-0.25, -0.2) is 0 Å². The number of unbranched alkanes of at least 4 members (excludes halogenated alkanes) is 41. The molecule has 0 bridgehead atoms. The van der Waals surface area contributed by atoms with Crippen LogP contribution in [0.4, 0.5) is 0 Å². The molecule has 0 N–H and O–H groups in total. The first-order valence-corrected chi connectivity index (χ1v) is 33.8. The largest absolute Gasteiger partial charge is 0.462 e. The third kappa shape index (κ3) is 63.8. The summed E-state index contributed by atoms with van der Waals surface area (Å²) in [5.74, 6) is -0.860. The standard InChI is InChI=1S/C71H128O6/c1-4-7-10-13-16-19-22-25-27-29-31-33-34-35-36-37-38-39-41-42-44-46-49-52-55-58-61-64-70(73)76-67-68(66-75-69(72)63-60-57-54-51-48-24-21-18-15-12-9-6-3)77-71(74)65-62-59-56-53-50-47-45-43-40-32-30-28-26-23-20-17-14-11-8-5-2/h7,10,16,18-19,21,25,27,31,33,68H,4-6,8-9,11-15,17,20,22-24,26,28-30,32,34-67H2,1-3H3/b10-7-,19-16-,21-18-,27-25-,33-31-. The van der Waals surface area contributed by atoms with Crippen LogP contribution in [0, 0.1) is 0 Å². The number of carbonyl (C=O) groups excluding carboxylic acids is 3. The summed E-state index contributed by atoms with van der Waals surface area (Å²) in [5, 5.41) is 0. The van der Waals surface area contributed by atoms with Crippen LogP contribution in [-0.4, -0.2) is 37.2 Å². The fraction of sp³-hybridized carbons (Fsp3) is 0.817. The molecule has 1 atom stereocenters. The van der Waals surface area contributed by atoms with Crippen LogP contribution < -0.4 is 0 Å². The van der Waals surface area contributed by atoms with Gasteiger partial charge >= 0.3 is 17.9 Å². The molecule has 0 saturated heterocycles. The van der Waals surface area contributed by atoms with Gasteiger partial charge in [-0.2, -0.15) is 0 Å². The maximum absolute atomic E-state index is 12.9. The Labute approximate surface area is 479 Å². The van der Waals surface area contributed by atoms with Crippen LogP contribution in [0.5, 0.6) is 0 Å². The average Bonchev–Trinajstić information content (AvgIpc) is 3.43. The van der Waals surface area contributed by atoms with E-state index in [4.69, 9.17) is 14.2 Å². The SMILES string of the molecule is CC/C=C\C/C=C\C/C=C\C/C=C\CCCCCCCCCCCCCCCCC(=O)OCC(COC(=O)CCCCCCC/C=C\CCCCC)OC(=O)CCCCCCCCCCCCCCCCCCCCCC. The summed E-state index contributed by atoms with van der Waals surface area (Å²) in [4.78, 5) is 38.3. The molecule has 0 saturated carbocycles. The molecule has 0 amide bonds. The summed E-state index contributed by atoms with van der Waals surface area (Å²) in [6.07, 6.45) is 83.9. The number of rotatable bonds is 62. The molecule has 0 radical (unpaired) electrons. The Morgan fingerprint density at radius 2 is 0.506 bits per heavy atom. The molecule has 0 aliphatic rings. The second kappa shape index (κ2) is 65.6. The Balaban J connectivity index is 4.22. The van der Waals surface area contributed by atoms with Crippen LogP contribution in [0.1, 0.15) is 355 Å². The van der Waals surface area contributed by atoms with E-state index in [1.54, 1.807) is 0 Å². The fourth-order valence-corrected chi connectivity index (χ4v) is 9.96. The van der Waals surface area contributed by atoms with Crippen LogP contribution >= 0.6 is 0 Å². The summed E-state index contributed by atoms with van der Waals surface area (Å²) in [6, 6.07) is 0. The predicted molar refractivity (Wildman–Crippen MR) is 335 cm³/mol. The Morgan fingerprint density at radius 3 is 0.831 bits per heavy atom. The first-order chi connectivity index (χ1) is 38.0. The van der Waals surface area contributed by atoms with E-state index >= 15 is 0 Å². The maximum atomic E-state index is 12.9. The van der Waals surface area contributed by atoms with Gasteiger partial charge in [0.1, 0.15) is 13.2 Å². The average molecular weight is 1080 g/mol. The van der Waals surface area contributed by atoms with Crippen molar-refractivity contribution in [2.75, 3.05) is 13.2 Å². The highest BCUT2D eigenvalue weighted by molar-refractivity contribution is 5.71. The van der Waals surface area contributed by atoms with Crippen LogP contribution in [0.15, 0.2) is 60.8 Å².